The molecule has 0 aliphatic carbocycles. The predicted octanol–water partition coefficient (Wildman–Crippen LogP) is 3.51. The number of aromatic nitrogens is 1. The molecule has 9 nitrogen and oxygen atoms in total. The number of carbonyl (C=O) groups excluding carboxylic acids is 2. The Bertz CT molecular complexity index is 1060. The number of nitrogens with zero attached hydrogens (tertiary/aromatic N) is 3. The zero-order chi connectivity index (χ0) is 25.5. The van der Waals surface area contributed by atoms with Crippen molar-refractivity contribution in [2.24, 2.45) is 5.92 Å². The van der Waals surface area contributed by atoms with E-state index in [4.69, 9.17) is 9.47 Å². The van der Waals surface area contributed by atoms with E-state index in [0.29, 0.717) is 23.5 Å². The Morgan fingerprint density at radius 2 is 2.11 bits per heavy atom. The van der Waals surface area contributed by atoms with E-state index in [1.807, 2.05) is 26.0 Å². The van der Waals surface area contributed by atoms with E-state index in [0.717, 1.165) is 5.56 Å². The number of hydrogen-bond acceptors (Lipinski definition) is 6. The van der Waals surface area contributed by atoms with Gasteiger partial charge in [0.15, 0.2) is 0 Å². The van der Waals surface area contributed by atoms with Crippen LogP contribution in [0.3, 0.4) is 0 Å². The lowest BCUT2D eigenvalue weighted by Crippen LogP contribution is -2.50. The molecule has 0 unspecified atom stereocenters. The van der Waals surface area contributed by atoms with Gasteiger partial charge >= 0.3 is 6.03 Å². The normalized spacial score (nSPS) is 18.8. The number of nitrogens with one attached hydrogen (secondary N) is 1. The van der Waals surface area contributed by atoms with Crippen LogP contribution in [0.25, 0.3) is 6.08 Å². The van der Waals surface area contributed by atoms with Crippen LogP contribution in [-0.2, 0) is 0 Å². The topological polar surface area (TPSA) is 104 Å². The molecule has 1 aliphatic rings. The molecule has 1 aliphatic heterocycles. The standard InChI is InChI=1S/C26H34N4O5/c1-6-7-19-12-22-24(27-13-19)35-23(17(2)14-30(25(22)32)18(3)16-31)15-29(4)26(33)28-20-8-10-21(34-5)11-9-20/h6-13,17-18,23,31H,14-16H2,1-5H3,(H,28,33)/b7-6+/t17-,18-,23-/m0/s1. The Kier molecular flexibility index (Phi) is 8.70. The first-order chi connectivity index (χ1) is 16.8. The summed E-state index contributed by atoms with van der Waals surface area (Å²) in [6.07, 6.45) is 4.95. The fourth-order valence-corrected chi connectivity index (χ4v) is 3.87. The fraction of sp³-hybridized carbons (Fsp3) is 0.423. The number of amides is 3. The highest BCUT2D eigenvalue weighted by atomic mass is 16.5. The highest BCUT2D eigenvalue weighted by Gasteiger charge is 2.34. The molecule has 35 heavy (non-hydrogen) atoms. The van der Waals surface area contributed by atoms with Gasteiger partial charge in [0, 0.05) is 31.4 Å². The maximum Gasteiger partial charge on any atom is 0.321 e. The summed E-state index contributed by atoms with van der Waals surface area (Å²) < 4.78 is 11.4. The van der Waals surface area contributed by atoms with Crippen LogP contribution in [0.2, 0.25) is 0 Å². The molecule has 1 aromatic heterocycles. The van der Waals surface area contributed by atoms with Gasteiger partial charge in [-0.05, 0) is 49.7 Å². The Morgan fingerprint density at radius 3 is 2.74 bits per heavy atom. The first kappa shape index (κ1) is 26.0. The van der Waals surface area contributed by atoms with Crippen LogP contribution in [0.5, 0.6) is 11.6 Å². The van der Waals surface area contributed by atoms with E-state index < -0.39 is 6.10 Å². The number of pyridine rings is 1. The maximum absolute atomic E-state index is 13.4. The lowest BCUT2D eigenvalue weighted by atomic mass is 10.00. The van der Waals surface area contributed by atoms with Gasteiger partial charge in [-0.2, -0.15) is 0 Å². The van der Waals surface area contributed by atoms with Crippen molar-refractivity contribution in [3.63, 3.8) is 0 Å². The van der Waals surface area contributed by atoms with Crippen molar-refractivity contribution in [1.29, 1.82) is 0 Å². The van der Waals surface area contributed by atoms with Crippen LogP contribution in [-0.4, -0.2) is 77.8 Å². The predicted molar refractivity (Wildman–Crippen MR) is 135 cm³/mol. The summed E-state index contributed by atoms with van der Waals surface area (Å²) in [5.41, 5.74) is 1.76. The third-order valence-electron chi connectivity index (χ3n) is 6.04. The summed E-state index contributed by atoms with van der Waals surface area (Å²) in [4.78, 5) is 33.8. The van der Waals surface area contributed by atoms with Gasteiger partial charge in [0.2, 0.25) is 5.88 Å². The van der Waals surface area contributed by atoms with Gasteiger partial charge in [-0.15, -0.1) is 0 Å². The zero-order valence-corrected chi connectivity index (χ0v) is 20.9. The van der Waals surface area contributed by atoms with Gasteiger partial charge in [0.1, 0.15) is 17.4 Å². The molecule has 1 aromatic carbocycles. The summed E-state index contributed by atoms with van der Waals surface area (Å²) in [7, 11) is 3.28. The quantitative estimate of drug-likeness (QED) is 0.626. The number of anilines is 1. The molecule has 188 valence electrons. The molecular weight excluding hydrogens is 448 g/mol. The number of urea groups is 1. The molecule has 0 fully saturated rings. The average molecular weight is 483 g/mol. The molecule has 0 saturated heterocycles. The summed E-state index contributed by atoms with van der Waals surface area (Å²) in [5.74, 6) is 0.553. The number of hydrogen-bond donors (Lipinski definition) is 2. The molecule has 2 heterocycles. The second kappa shape index (κ2) is 11.7. The number of fused-ring (bicyclic) bond motifs is 1. The van der Waals surface area contributed by atoms with Gasteiger partial charge in [-0.25, -0.2) is 9.78 Å². The third kappa shape index (κ3) is 6.30. The van der Waals surface area contributed by atoms with Gasteiger partial charge in [-0.3, -0.25) is 4.79 Å². The second-order valence-electron chi connectivity index (χ2n) is 8.78. The number of carbonyl (C=O) groups is 2. The van der Waals surface area contributed by atoms with Crippen LogP contribution in [0.1, 0.15) is 36.7 Å². The molecule has 3 rings (SSSR count). The number of ether oxygens (including phenoxy) is 2. The summed E-state index contributed by atoms with van der Waals surface area (Å²) >= 11 is 0. The Balaban J connectivity index is 1.83. The molecule has 3 amide bonds. The minimum Gasteiger partial charge on any atom is -0.497 e. The van der Waals surface area contributed by atoms with Crippen molar-refractivity contribution in [2.45, 2.75) is 32.9 Å². The van der Waals surface area contributed by atoms with Gasteiger partial charge in [0.25, 0.3) is 5.91 Å². The number of allylic oxidation sites excluding steroid dienone is 1. The van der Waals surface area contributed by atoms with E-state index in [2.05, 4.69) is 10.3 Å². The van der Waals surface area contributed by atoms with Gasteiger partial charge < -0.3 is 29.7 Å². The average Bonchev–Trinajstić information content (AvgIpc) is 2.86. The van der Waals surface area contributed by atoms with E-state index >= 15 is 0 Å². The largest absolute Gasteiger partial charge is 0.497 e. The molecule has 2 N–H and O–H groups in total. The van der Waals surface area contributed by atoms with E-state index in [-0.39, 0.29) is 42.9 Å². The first-order valence-corrected chi connectivity index (χ1v) is 11.6. The van der Waals surface area contributed by atoms with E-state index in [9.17, 15) is 14.7 Å². The monoisotopic (exact) mass is 482 g/mol. The first-order valence-electron chi connectivity index (χ1n) is 11.6. The Hall–Kier alpha value is -3.59. The van der Waals surface area contributed by atoms with Crippen LogP contribution in [0.4, 0.5) is 10.5 Å². The molecule has 9 heteroatoms. The molecule has 0 bridgehead atoms. The van der Waals surface area contributed by atoms with Crippen molar-refractivity contribution in [3.8, 4) is 11.6 Å². The van der Waals surface area contributed by atoms with Crippen molar-refractivity contribution >= 4 is 23.7 Å². The summed E-state index contributed by atoms with van der Waals surface area (Å²) in [5, 5.41) is 12.6. The molecule has 2 aromatic rings. The maximum atomic E-state index is 13.4. The molecule has 0 radical (unpaired) electrons. The van der Waals surface area contributed by atoms with Crippen molar-refractivity contribution in [2.75, 3.05) is 39.2 Å². The number of rotatable bonds is 7. The fourth-order valence-electron chi connectivity index (χ4n) is 3.87. The summed E-state index contributed by atoms with van der Waals surface area (Å²) in [6, 6.07) is 8.15. The van der Waals surface area contributed by atoms with Crippen LogP contribution in [0, 0.1) is 5.92 Å². The Morgan fingerprint density at radius 1 is 1.40 bits per heavy atom. The summed E-state index contributed by atoms with van der Waals surface area (Å²) in [6.45, 7) is 6.14. The van der Waals surface area contributed by atoms with Gasteiger partial charge in [-0.1, -0.05) is 19.1 Å². The highest BCUT2D eigenvalue weighted by Crippen LogP contribution is 2.28. The number of benzene rings is 1. The third-order valence-corrected chi connectivity index (χ3v) is 6.04. The van der Waals surface area contributed by atoms with Crippen LogP contribution < -0.4 is 14.8 Å². The highest BCUT2D eigenvalue weighted by molar-refractivity contribution is 5.97. The minimum atomic E-state index is -0.429. The second-order valence-corrected chi connectivity index (χ2v) is 8.78. The number of aliphatic hydroxyl groups is 1. The number of methoxy groups -OCH3 is 1. The van der Waals surface area contributed by atoms with Gasteiger partial charge in [0.05, 0.1) is 26.3 Å². The van der Waals surface area contributed by atoms with Crippen molar-refractivity contribution in [3.05, 3.63) is 53.7 Å². The zero-order valence-electron chi connectivity index (χ0n) is 20.9. The number of likely N-dealkylation sites (N-methyl/N-ethyl adjacent to an activating group) is 1. The number of aliphatic hydroxyl groups excluding tert-OH is 1. The van der Waals surface area contributed by atoms with Crippen LogP contribution in [0.15, 0.2) is 42.6 Å². The Labute approximate surface area is 206 Å². The van der Waals surface area contributed by atoms with Crippen LogP contribution >= 0.6 is 0 Å². The molecule has 0 saturated carbocycles. The minimum absolute atomic E-state index is 0.130. The van der Waals surface area contributed by atoms with Crippen molar-refractivity contribution < 1.29 is 24.2 Å². The lowest BCUT2D eigenvalue weighted by Gasteiger charge is -2.37. The molecular formula is C26H34N4O5. The van der Waals surface area contributed by atoms with E-state index in [1.165, 1.54) is 0 Å². The van der Waals surface area contributed by atoms with Crippen molar-refractivity contribution in [1.82, 2.24) is 14.8 Å². The van der Waals surface area contributed by atoms with E-state index in [1.54, 1.807) is 67.4 Å². The smallest absolute Gasteiger partial charge is 0.321 e. The molecule has 3 atom stereocenters. The lowest BCUT2D eigenvalue weighted by molar-refractivity contribution is 0.0356. The molecule has 0 spiro atoms. The SMILES string of the molecule is C/C=C/c1cnc2c(c1)C(=O)N([C@@H](C)CO)C[C@H](C)[C@H](CN(C)C(=O)Nc1ccc(OC)cc1)O2.